The van der Waals surface area contributed by atoms with Crippen LogP contribution in [0.1, 0.15) is 27.4 Å². The van der Waals surface area contributed by atoms with Crippen LogP contribution >= 0.6 is 0 Å². The number of aromatic hydroxyl groups is 1. The van der Waals surface area contributed by atoms with Crippen LogP contribution in [-0.4, -0.2) is 21.2 Å². The molecule has 0 saturated carbocycles. The first-order chi connectivity index (χ1) is 12.0. The lowest BCUT2D eigenvalue weighted by Gasteiger charge is -2.09. The number of pyridine rings is 1. The van der Waals surface area contributed by atoms with E-state index in [1.807, 2.05) is 13.8 Å². The molecule has 2 heterocycles. The van der Waals surface area contributed by atoms with Gasteiger partial charge in [-0.05, 0) is 44.2 Å². The molecule has 0 fully saturated rings. The summed E-state index contributed by atoms with van der Waals surface area (Å²) in [7, 11) is 0. The molecule has 3 rings (SSSR count). The van der Waals surface area contributed by atoms with E-state index in [0.717, 1.165) is 11.3 Å². The molecule has 25 heavy (non-hydrogen) atoms. The zero-order chi connectivity index (χ0) is 17.8. The van der Waals surface area contributed by atoms with E-state index in [9.17, 15) is 9.90 Å². The summed E-state index contributed by atoms with van der Waals surface area (Å²) in [6.45, 7) is 3.97. The Hall–Kier alpha value is -3.35. The third-order valence-corrected chi connectivity index (χ3v) is 3.68. The molecular weight excluding hydrogens is 322 g/mol. The van der Waals surface area contributed by atoms with E-state index in [0.29, 0.717) is 23.7 Å². The summed E-state index contributed by atoms with van der Waals surface area (Å²) in [6, 6.07) is 9.77. The first-order valence-electron chi connectivity index (χ1n) is 7.64. The molecule has 0 bridgehead atoms. The summed E-state index contributed by atoms with van der Waals surface area (Å²) < 4.78 is 10.8. The minimum atomic E-state index is -0.392. The zero-order valence-electron chi connectivity index (χ0n) is 13.8. The van der Waals surface area contributed by atoms with Gasteiger partial charge >= 0.3 is 0 Å². The van der Waals surface area contributed by atoms with E-state index in [2.05, 4.69) is 15.5 Å². The monoisotopic (exact) mass is 339 g/mol. The smallest absolute Gasteiger partial charge is 0.257 e. The van der Waals surface area contributed by atoms with E-state index in [1.165, 1.54) is 12.3 Å². The van der Waals surface area contributed by atoms with Crippen molar-refractivity contribution in [3.05, 3.63) is 65.2 Å². The van der Waals surface area contributed by atoms with Crippen LogP contribution < -0.4 is 10.1 Å². The first-order valence-corrected chi connectivity index (χ1v) is 7.64. The maximum atomic E-state index is 12.3. The molecule has 0 radical (unpaired) electrons. The van der Waals surface area contributed by atoms with Crippen LogP contribution in [0.15, 0.2) is 47.1 Å². The van der Waals surface area contributed by atoms with Crippen LogP contribution in [0.2, 0.25) is 0 Å². The van der Waals surface area contributed by atoms with Crippen molar-refractivity contribution in [2.45, 2.75) is 20.5 Å². The van der Waals surface area contributed by atoms with Gasteiger partial charge in [-0.2, -0.15) is 0 Å². The van der Waals surface area contributed by atoms with Gasteiger partial charge in [-0.3, -0.25) is 4.79 Å². The Labute approximate surface area is 144 Å². The maximum absolute atomic E-state index is 12.3. The second kappa shape index (κ2) is 7.04. The second-order valence-corrected chi connectivity index (χ2v) is 5.44. The van der Waals surface area contributed by atoms with E-state index in [1.54, 1.807) is 30.3 Å². The molecule has 2 aromatic heterocycles. The van der Waals surface area contributed by atoms with Crippen molar-refractivity contribution in [2.75, 3.05) is 5.32 Å². The van der Waals surface area contributed by atoms with E-state index in [-0.39, 0.29) is 11.6 Å². The number of rotatable bonds is 5. The highest BCUT2D eigenvalue weighted by atomic mass is 16.5. The molecule has 7 nitrogen and oxygen atoms in total. The van der Waals surface area contributed by atoms with Gasteiger partial charge in [0.05, 0.1) is 11.3 Å². The van der Waals surface area contributed by atoms with Crippen molar-refractivity contribution >= 4 is 11.7 Å². The second-order valence-electron chi connectivity index (χ2n) is 5.44. The average Bonchev–Trinajstić information content (AvgIpc) is 2.93. The SMILES string of the molecule is Cc1noc(C)c1COc1cccc(C(=O)Nc2ncccc2O)c1. The number of hydrogen-bond acceptors (Lipinski definition) is 6. The first kappa shape index (κ1) is 16.5. The number of carbonyl (C=O) groups excluding carboxylic acids is 1. The van der Waals surface area contributed by atoms with Crippen molar-refractivity contribution in [3.63, 3.8) is 0 Å². The largest absolute Gasteiger partial charge is 0.504 e. The molecule has 0 saturated heterocycles. The van der Waals surface area contributed by atoms with Gasteiger partial charge in [-0.1, -0.05) is 11.2 Å². The summed E-state index contributed by atoms with van der Waals surface area (Å²) in [5.74, 6) is 0.864. The van der Waals surface area contributed by atoms with E-state index < -0.39 is 5.91 Å². The van der Waals surface area contributed by atoms with E-state index >= 15 is 0 Å². The van der Waals surface area contributed by atoms with Gasteiger partial charge in [0.15, 0.2) is 11.6 Å². The minimum Gasteiger partial charge on any atom is -0.504 e. The van der Waals surface area contributed by atoms with Crippen LogP contribution in [-0.2, 0) is 6.61 Å². The summed E-state index contributed by atoms with van der Waals surface area (Å²) in [5.41, 5.74) is 2.05. The fourth-order valence-corrected chi connectivity index (χ4v) is 2.26. The number of nitrogens with one attached hydrogen (secondary N) is 1. The van der Waals surface area contributed by atoms with Crippen LogP contribution in [0, 0.1) is 13.8 Å². The van der Waals surface area contributed by atoms with Crippen LogP contribution in [0.25, 0.3) is 0 Å². The molecule has 0 spiro atoms. The van der Waals surface area contributed by atoms with Gasteiger partial charge in [0, 0.05) is 11.8 Å². The quantitative estimate of drug-likeness (QED) is 0.741. The summed E-state index contributed by atoms with van der Waals surface area (Å²) in [5, 5.41) is 16.1. The van der Waals surface area contributed by atoms with Crippen LogP contribution in [0.3, 0.4) is 0 Å². The third kappa shape index (κ3) is 3.77. The van der Waals surface area contributed by atoms with Gasteiger partial charge in [0.2, 0.25) is 0 Å². The van der Waals surface area contributed by atoms with Crippen molar-refractivity contribution in [1.29, 1.82) is 0 Å². The number of nitrogens with zero attached hydrogens (tertiary/aromatic N) is 2. The molecule has 0 aliphatic heterocycles. The predicted octanol–water partition coefficient (Wildman–Crippen LogP) is 3.22. The molecule has 7 heteroatoms. The topological polar surface area (TPSA) is 97.5 Å². The number of hydrogen-bond donors (Lipinski definition) is 2. The molecule has 0 aliphatic rings. The Kier molecular flexibility index (Phi) is 4.65. The fourth-order valence-electron chi connectivity index (χ4n) is 2.26. The zero-order valence-corrected chi connectivity index (χ0v) is 13.8. The van der Waals surface area contributed by atoms with Gasteiger partial charge in [-0.25, -0.2) is 4.98 Å². The summed E-state index contributed by atoms with van der Waals surface area (Å²) in [4.78, 5) is 16.2. The molecule has 128 valence electrons. The summed E-state index contributed by atoms with van der Waals surface area (Å²) in [6.07, 6.45) is 1.48. The molecular formula is C18H17N3O4. The Bertz CT molecular complexity index is 885. The Morgan fingerprint density at radius 3 is 2.84 bits per heavy atom. The number of anilines is 1. The predicted molar refractivity (Wildman–Crippen MR) is 90.6 cm³/mol. The number of benzene rings is 1. The lowest BCUT2D eigenvalue weighted by molar-refractivity contribution is 0.102. The molecule has 0 unspecified atom stereocenters. The van der Waals surface area contributed by atoms with Crippen LogP contribution in [0.4, 0.5) is 5.82 Å². The van der Waals surface area contributed by atoms with Crippen molar-refractivity contribution in [1.82, 2.24) is 10.1 Å². The highest BCUT2D eigenvalue weighted by molar-refractivity contribution is 6.04. The molecule has 0 aliphatic carbocycles. The molecule has 0 atom stereocenters. The molecule has 1 amide bonds. The Balaban J connectivity index is 1.71. The molecule has 1 aromatic carbocycles. The third-order valence-electron chi connectivity index (χ3n) is 3.68. The highest BCUT2D eigenvalue weighted by Crippen LogP contribution is 2.21. The highest BCUT2D eigenvalue weighted by Gasteiger charge is 2.12. The minimum absolute atomic E-state index is 0.0957. The van der Waals surface area contributed by atoms with Gasteiger partial charge in [-0.15, -0.1) is 0 Å². The number of carbonyl (C=O) groups is 1. The van der Waals surface area contributed by atoms with Gasteiger partial charge < -0.3 is 19.7 Å². The number of amides is 1. The Morgan fingerprint density at radius 1 is 1.28 bits per heavy atom. The lowest BCUT2D eigenvalue weighted by Crippen LogP contribution is -2.13. The van der Waals surface area contributed by atoms with Gasteiger partial charge in [0.1, 0.15) is 18.1 Å². The Morgan fingerprint density at radius 2 is 2.12 bits per heavy atom. The number of ether oxygens (including phenoxy) is 1. The number of aromatic nitrogens is 2. The normalized spacial score (nSPS) is 10.5. The molecule has 3 aromatic rings. The standard InChI is InChI=1S/C18H17N3O4/c1-11-15(12(2)25-21-11)10-24-14-6-3-5-13(9-14)18(23)20-17-16(22)7-4-8-19-17/h3-9,22H,10H2,1-2H3,(H,19,20,23). The van der Waals surface area contributed by atoms with Crippen molar-refractivity contribution in [3.8, 4) is 11.5 Å². The van der Waals surface area contributed by atoms with Gasteiger partial charge in [0.25, 0.3) is 5.91 Å². The number of aryl methyl sites for hydroxylation is 2. The molecule has 2 N–H and O–H groups in total. The summed E-state index contributed by atoms with van der Waals surface area (Å²) >= 11 is 0. The average molecular weight is 339 g/mol. The fraction of sp³-hybridized carbons (Fsp3) is 0.167. The lowest BCUT2D eigenvalue weighted by atomic mass is 10.2. The van der Waals surface area contributed by atoms with Crippen molar-refractivity contribution < 1.29 is 19.2 Å². The maximum Gasteiger partial charge on any atom is 0.257 e. The van der Waals surface area contributed by atoms with Crippen molar-refractivity contribution in [2.24, 2.45) is 0 Å². The van der Waals surface area contributed by atoms with E-state index in [4.69, 9.17) is 9.26 Å². The van der Waals surface area contributed by atoms with Crippen LogP contribution in [0.5, 0.6) is 11.5 Å².